The molecule has 0 aromatic heterocycles. The van der Waals surface area contributed by atoms with Gasteiger partial charge in [0.25, 0.3) is 11.8 Å². The van der Waals surface area contributed by atoms with E-state index in [1.54, 1.807) is 0 Å². The van der Waals surface area contributed by atoms with Gasteiger partial charge in [0.1, 0.15) is 0 Å². The van der Waals surface area contributed by atoms with E-state index in [1.807, 2.05) is 67.6 Å². The lowest BCUT2D eigenvalue weighted by molar-refractivity contribution is -0.122. The zero-order chi connectivity index (χ0) is 29.6. The predicted octanol–water partition coefficient (Wildman–Crippen LogP) is 3.24. The smallest absolute Gasteiger partial charge is 0.251 e. The summed E-state index contributed by atoms with van der Waals surface area (Å²) in [5.41, 5.74) is 2.13. The van der Waals surface area contributed by atoms with E-state index in [4.69, 9.17) is 0 Å². The second-order valence-corrected chi connectivity index (χ2v) is 12.4. The molecule has 1 aliphatic rings. The number of Topliss-reactive ketones (excluding diaryl/α,β-unsaturated/α-hetero) is 1. The summed E-state index contributed by atoms with van der Waals surface area (Å²) in [4.78, 5) is 40.3. The third-order valence-electron chi connectivity index (χ3n) is 7.29. The van der Waals surface area contributed by atoms with Gasteiger partial charge in [0.2, 0.25) is 10.0 Å². The summed E-state index contributed by atoms with van der Waals surface area (Å²) in [5.74, 6) is -1.16. The molecule has 0 saturated carbocycles. The van der Waals surface area contributed by atoms with Crippen LogP contribution in [-0.4, -0.2) is 57.9 Å². The van der Waals surface area contributed by atoms with Gasteiger partial charge in [-0.15, -0.1) is 0 Å². The Labute approximate surface area is 241 Å². The Hall–Kier alpha value is -4.02. The molecule has 3 aromatic carbocycles. The van der Waals surface area contributed by atoms with Crippen LogP contribution in [0.4, 0.5) is 5.69 Å². The highest BCUT2D eigenvalue weighted by Crippen LogP contribution is 2.22. The number of hydrogen-bond acceptors (Lipinski definition) is 6. The van der Waals surface area contributed by atoms with E-state index in [1.165, 1.54) is 25.2 Å². The van der Waals surface area contributed by atoms with Crippen molar-refractivity contribution in [2.24, 2.45) is 0 Å². The van der Waals surface area contributed by atoms with E-state index in [2.05, 4.69) is 16.0 Å². The zero-order valence-corrected chi connectivity index (χ0v) is 24.3. The van der Waals surface area contributed by atoms with Crippen LogP contribution in [0, 0.1) is 0 Å². The number of anilines is 1. The Balaban J connectivity index is 1.64. The molecule has 216 valence electrons. The fourth-order valence-corrected chi connectivity index (χ4v) is 5.32. The number of nitrogens with zero attached hydrogens (tertiary/aromatic N) is 1. The number of hydrogen-bond donors (Lipinski definition) is 3. The number of rotatable bonds is 11. The number of carbonyl (C=O) groups excluding carboxylic acids is 3. The van der Waals surface area contributed by atoms with E-state index < -0.39 is 27.9 Å². The molecule has 0 unspecified atom stereocenters. The molecule has 0 aliphatic carbocycles. The number of sulfonamides is 1. The van der Waals surface area contributed by atoms with Crippen molar-refractivity contribution in [3.63, 3.8) is 0 Å². The van der Waals surface area contributed by atoms with Crippen LogP contribution >= 0.6 is 0 Å². The minimum atomic E-state index is -3.69. The third kappa shape index (κ3) is 7.80. The summed E-state index contributed by atoms with van der Waals surface area (Å²) in [7, 11) is -2.33. The normalized spacial score (nSPS) is 16.4. The maximum atomic E-state index is 13.6. The number of carbonyl (C=O) groups is 3. The molecule has 3 N–H and O–H groups in total. The van der Waals surface area contributed by atoms with Crippen LogP contribution in [0.5, 0.6) is 0 Å². The lowest BCUT2D eigenvalue weighted by atomic mass is 9.96. The number of ketones is 1. The van der Waals surface area contributed by atoms with Crippen molar-refractivity contribution in [1.82, 2.24) is 16.0 Å². The molecule has 1 fully saturated rings. The van der Waals surface area contributed by atoms with E-state index >= 15 is 0 Å². The van der Waals surface area contributed by atoms with Crippen LogP contribution in [0.2, 0.25) is 0 Å². The van der Waals surface area contributed by atoms with Gasteiger partial charge in [-0.25, -0.2) is 8.42 Å². The van der Waals surface area contributed by atoms with Gasteiger partial charge in [-0.1, -0.05) is 60.7 Å². The van der Waals surface area contributed by atoms with Crippen molar-refractivity contribution >= 4 is 33.3 Å². The fourth-order valence-electron chi connectivity index (χ4n) is 4.84. The van der Waals surface area contributed by atoms with Crippen LogP contribution in [0.15, 0.2) is 78.9 Å². The lowest BCUT2D eigenvalue weighted by Crippen LogP contribution is -2.49. The highest BCUT2D eigenvalue weighted by atomic mass is 32.2. The molecule has 2 amide bonds. The van der Waals surface area contributed by atoms with E-state index in [0.29, 0.717) is 12.8 Å². The standard InChI is InChI=1S/C31H36N4O5S/c1-21(23-13-8-5-9-14-23)33-30(37)24-18-25(20-26(19-24)35(2)41(3,39)40)31(38)34-28(17-22-11-6-4-7-12-22)29(36)27-15-10-16-32-27/h4-9,11-14,18-21,27-28,32H,10,15-17H2,1-3H3,(H,33,37)(H,34,38)/t21-,27+,28+/m1/s1. The quantitative estimate of drug-likeness (QED) is 0.322. The highest BCUT2D eigenvalue weighted by molar-refractivity contribution is 7.92. The molecule has 0 bridgehead atoms. The molecule has 10 heteroatoms. The average molecular weight is 577 g/mol. The number of amides is 2. The molecule has 1 heterocycles. The number of nitrogens with one attached hydrogen (secondary N) is 3. The molecule has 0 radical (unpaired) electrons. The van der Waals surface area contributed by atoms with E-state index in [9.17, 15) is 22.8 Å². The maximum Gasteiger partial charge on any atom is 0.251 e. The molecule has 9 nitrogen and oxygen atoms in total. The van der Waals surface area contributed by atoms with Crippen LogP contribution in [0.25, 0.3) is 0 Å². The molecule has 3 atom stereocenters. The van der Waals surface area contributed by atoms with Gasteiger partial charge in [0.05, 0.1) is 30.1 Å². The monoisotopic (exact) mass is 576 g/mol. The van der Waals surface area contributed by atoms with Crippen LogP contribution in [0.3, 0.4) is 0 Å². The first kappa shape index (κ1) is 30.0. The predicted molar refractivity (Wildman–Crippen MR) is 159 cm³/mol. The van der Waals surface area contributed by atoms with Crippen LogP contribution in [-0.2, 0) is 21.2 Å². The highest BCUT2D eigenvalue weighted by Gasteiger charge is 2.31. The summed E-state index contributed by atoms with van der Waals surface area (Å²) >= 11 is 0. The second kappa shape index (κ2) is 13.1. The van der Waals surface area contributed by atoms with Crippen LogP contribution < -0.4 is 20.3 Å². The van der Waals surface area contributed by atoms with E-state index in [-0.39, 0.29) is 34.7 Å². The summed E-state index contributed by atoms with van der Waals surface area (Å²) in [6.07, 6.45) is 2.91. The molecule has 3 aromatic rings. The van der Waals surface area contributed by atoms with Gasteiger partial charge in [0, 0.05) is 18.2 Å². The van der Waals surface area contributed by atoms with Gasteiger partial charge < -0.3 is 16.0 Å². The SMILES string of the molecule is C[C@@H](NC(=O)c1cc(C(=O)N[C@@H](Cc2ccccc2)C(=O)[C@@H]2CCCN2)cc(N(C)S(C)(=O)=O)c1)c1ccccc1. The van der Waals surface area contributed by atoms with Crippen molar-refractivity contribution in [1.29, 1.82) is 0 Å². The lowest BCUT2D eigenvalue weighted by Gasteiger charge is -2.23. The summed E-state index contributed by atoms with van der Waals surface area (Å²) in [6, 6.07) is 21.6. The first-order valence-corrected chi connectivity index (χ1v) is 15.4. The van der Waals surface area contributed by atoms with Crippen molar-refractivity contribution in [2.75, 3.05) is 24.2 Å². The topological polar surface area (TPSA) is 125 Å². The van der Waals surface area contributed by atoms with Gasteiger partial charge in [0.15, 0.2) is 5.78 Å². The Kier molecular flexibility index (Phi) is 9.57. The summed E-state index contributed by atoms with van der Waals surface area (Å²) in [5, 5.41) is 8.98. The van der Waals surface area contributed by atoms with Crippen molar-refractivity contribution in [3.8, 4) is 0 Å². The Bertz CT molecular complexity index is 1490. The molecular weight excluding hydrogens is 540 g/mol. The van der Waals surface area contributed by atoms with Gasteiger partial charge >= 0.3 is 0 Å². The summed E-state index contributed by atoms with van der Waals surface area (Å²) < 4.78 is 25.7. The first-order valence-electron chi connectivity index (χ1n) is 13.6. The maximum absolute atomic E-state index is 13.6. The molecule has 4 rings (SSSR count). The first-order chi connectivity index (χ1) is 19.5. The number of benzene rings is 3. The van der Waals surface area contributed by atoms with Gasteiger partial charge in [-0.3, -0.25) is 18.7 Å². The molecule has 41 heavy (non-hydrogen) atoms. The molecule has 0 spiro atoms. The Morgan fingerprint density at radius 2 is 1.51 bits per heavy atom. The average Bonchev–Trinajstić information content (AvgIpc) is 3.51. The zero-order valence-electron chi connectivity index (χ0n) is 23.5. The minimum absolute atomic E-state index is 0.0701. The second-order valence-electron chi connectivity index (χ2n) is 10.4. The van der Waals surface area contributed by atoms with Crippen molar-refractivity contribution in [3.05, 3.63) is 101 Å². The van der Waals surface area contributed by atoms with E-state index in [0.717, 1.165) is 34.7 Å². The largest absolute Gasteiger partial charge is 0.346 e. The fraction of sp³-hybridized carbons (Fsp3) is 0.323. The summed E-state index contributed by atoms with van der Waals surface area (Å²) in [6.45, 7) is 2.58. The van der Waals surface area contributed by atoms with Crippen molar-refractivity contribution in [2.45, 2.75) is 44.3 Å². The van der Waals surface area contributed by atoms with Gasteiger partial charge in [-0.2, -0.15) is 0 Å². The molecule has 1 aliphatic heterocycles. The van der Waals surface area contributed by atoms with Gasteiger partial charge in [-0.05, 0) is 62.1 Å². The molecule has 1 saturated heterocycles. The van der Waals surface area contributed by atoms with Crippen LogP contribution in [0.1, 0.15) is 57.7 Å². The van der Waals surface area contributed by atoms with Crippen molar-refractivity contribution < 1.29 is 22.8 Å². The molecular formula is C31H36N4O5S. The minimum Gasteiger partial charge on any atom is -0.346 e. The Morgan fingerprint density at radius 1 is 0.927 bits per heavy atom. The Morgan fingerprint density at radius 3 is 2.07 bits per heavy atom. The third-order valence-corrected chi connectivity index (χ3v) is 8.49.